The maximum atomic E-state index is 12.9. The Kier molecular flexibility index (Phi) is 4.67. The molecule has 1 fully saturated rings. The third kappa shape index (κ3) is 4.23. The van der Waals surface area contributed by atoms with Crippen LogP contribution in [0.3, 0.4) is 0 Å². The fourth-order valence-corrected chi connectivity index (χ4v) is 3.85. The highest BCUT2D eigenvalue weighted by molar-refractivity contribution is 7.89. The van der Waals surface area contributed by atoms with Crippen LogP contribution in [0.1, 0.15) is 13.8 Å². The molecule has 118 valence electrons. The zero-order valence-electron chi connectivity index (χ0n) is 12.3. The van der Waals surface area contributed by atoms with E-state index in [9.17, 15) is 17.9 Å². The zero-order valence-corrected chi connectivity index (χ0v) is 13.1. The Morgan fingerprint density at radius 2 is 1.67 bits per heavy atom. The third-order valence-electron chi connectivity index (χ3n) is 3.39. The molecule has 1 aromatic rings. The van der Waals surface area contributed by atoms with Crippen molar-refractivity contribution in [1.29, 1.82) is 0 Å². The molecule has 1 heterocycles. The standard InChI is InChI=1S/C14H21FN2O3S/c1-14(2,18)11-16-7-9-17(10-8-16)21(19,20)13-5-3-12(15)4-6-13/h3-6,18H,7-11H2,1-2H3. The summed E-state index contributed by atoms with van der Waals surface area (Å²) in [5.41, 5.74) is -0.794. The molecule has 0 aliphatic carbocycles. The Bertz CT molecular complexity index is 573. The first kappa shape index (κ1) is 16.4. The Balaban J connectivity index is 2.03. The Morgan fingerprint density at radius 1 is 1.14 bits per heavy atom. The molecule has 2 rings (SSSR count). The SMILES string of the molecule is CC(C)(O)CN1CCN(S(=O)(=O)c2ccc(F)cc2)CC1. The Hall–Kier alpha value is -1.02. The molecule has 1 N–H and O–H groups in total. The van der Waals surface area contributed by atoms with Gasteiger partial charge in [0.15, 0.2) is 0 Å². The molecule has 0 aromatic heterocycles. The first-order valence-corrected chi connectivity index (χ1v) is 8.33. The monoisotopic (exact) mass is 316 g/mol. The molecule has 0 unspecified atom stereocenters. The summed E-state index contributed by atoms with van der Waals surface area (Å²) in [5.74, 6) is -0.455. The van der Waals surface area contributed by atoms with Crippen LogP contribution in [-0.4, -0.2) is 61.1 Å². The number of sulfonamides is 1. The normalized spacial score (nSPS) is 18.9. The summed E-state index contributed by atoms with van der Waals surface area (Å²) in [6.07, 6.45) is 0. The molecule has 1 aromatic carbocycles. The van der Waals surface area contributed by atoms with Crippen LogP contribution in [0.5, 0.6) is 0 Å². The van der Waals surface area contributed by atoms with Crippen molar-refractivity contribution >= 4 is 10.0 Å². The second-order valence-electron chi connectivity index (χ2n) is 5.95. The minimum atomic E-state index is -3.57. The van der Waals surface area contributed by atoms with Crippen LogP contribution in [0.4, 0.5) is 4.39 Å². The lowest BCUT2D eigenvalue weighted by Crippen LogP contribution is -2.51. The van der Waals surface area contributed by atoms with Crippen LogP contribution < -0.4 is 0 Å². The first-order chi connectivity index (χ1) is 9.68. The van der Waals surface area contributed by atoms with Gasteiger partial charge in [0.2, 0.25) is 10.0 Å². The van der Waals surface area contributed by atoms with Crippen LogP contribution >= 0.6 is 0 Å². The van der Waals surface area contributed by atoms with Crippen LogP contribution in [0.15, 0.2) is 29.2 Å². The van der Waals surface area contributed by atoms with Crippen molar-refractivity contribution in [2.24, 2.45) is 0 Å². The summed E-state index contributed by atoms with van der Waals surface area (Å²) >= 11 is 0. The van der Waals surface area contributed by atoms with Crippen molar-refractivity contribution in [3.8, 4) is 0 Å². The lowest BCUT2D eigenvalue weighted by Gasteiger charge is -2.36. The van der Waals surface area contributed by atoms with Gasteiger partial charge in [0, 0.05) is 32.7 Å². The van der Waals surface area contributed by atoms with Crippen LogP contribution in [0.2, 0.25) is 0 Å². The van der Waals surface area contributed by atoms with E-state index >= 15 is 0 Å². The van der Waals surface area contributed by atoms with Crippen molar-refractivity contribution in [1.82, 2.24) is 9.21 Å². The summed E-state index contributed by atoms with van der Waals surface area (Å²) in [6, 6.07) is 4.87. The molecule has 7 heteroatoms. The van der Waals surface area contributed by atoms with Crippen molar-refractivity contribution in [3.63, 3.8) is 0 Å². The molecule has 0 atom stereocenters. The molecule has 0 spiro atoms. The fraction of sp³-hybridized carbons (Fsp3) is 0.571. The summed E-state index contributed by atoms with van der Waals surface area (Å²) in [7, 11) is -3.57. The second kappa shape index (κ2) is 6.00. The smallest absolute Gasteiger partial charge is 0.243 e. The average Bonchev–Trinajstić information content (AvgIpc) is 2.38. The summed E-state index contributed by atoms with van der Waals surface area (Å²) in [5, 5.41) is 9.79. The van der Waals surface area contributed by atoms with Gasteiger partial charge in [0.25, 0.3) is 0 Å². The molecule has 5 nitrogen and oxygen atoms in total. The molecule has 1 aliphatic heterocycles. The number of halogens is 1. The zero-order chi connectivity index (χ0) is 15.7. The molecular weight excluding hydrogens is 295 g/mol. The largest absolute Gasteiger partial charge is 0.389 e. The number of piperazine rings is 1. The number of aliphatic hydroxyl groups is 1. The topological polar surface area (TPSA) is 60.9 Å². The van der Waals surface area contributed by atoms with Gasteiger partial charge in [0.1, 0.15) is 5.82 Å². The van der Waals surface area contributed by atoms with Crippen molar-refractivity contribution in [2.75, 3.05) is 32.7 Å². The minimum absolute atomic E-state index is 0.111. The fourth-order valence-electron chi connectivity index (χ4n) is 2.43. The van der Waals surface area contributed by atoms with Gasteiger partial charge in [0.05, 0.1) is 10.5 Å². The lowest BCUT2D eigenvalue weighted by molar-refractivity contribution is 0.0263. The molecule has 0 amide bonds. The Morgan fingerprint density at radius 3 is 2.14 bits per heavy atom. The van der Waals surface area contributed by atoms with E-state index in [2.05, 4.69) is 0 Å². The molecule has 0 bridgehead atoms. The number of β-amino-alcohol motifs (C(OH)–C–C–N with tert-alkyl or cyclic N) is 1. The highest BCUT2D eigenvalue weighted by Gasteiger charge is 2.30. The molecule has 21 heavy (non-hydrogen) atoms. The van der Waals surface area contributed by atoms with E-state index in [1.807, 2.05) is 4.90 Å². The predicted octanol–water partition coefficient (Wildman–Crippen LogP) is 0.903. The number of rotatable bonds is 4. The van der Waals surface area contributed by atoms with Crippen molar-refractivity contribution in [3.05, 3.63) is 30.1 Å². The number of hydrogen-bond acceptors (Lipinski definition) is 4. The van der Waals surface area contributed by atoms with Gasteiger partial charge in [-0.15, -0.1) is 0 Å². The van der Waals surface area contributed by atoms with Crippen molar-refractivity contribution in [2.45, 2.75) is 24.3 Å². The van der Waals surface area contributed by atoms with Gasteiger partial charge in [-0.3, -0.25) is 4.90 Å². The van der Waals surface area contributed by atoms with Gasteiger partial charge < -0.3 is 5.11 Å². The predicted molar refractivity (Wildman–Crippen MR) is 77.9 cm³/mol. The maximum absolute atomic E-state index is 12.9. The van der Waals surface area contributed by atoms with E-state index in [1.54, 1.807) is 13.8 Å². The Labute approximate surface area is 125 Å². The van der Waals surface area contributed by atoms with Crippen molar-refractivity contribution < 1.29 is 17.9 Å². The quantitative estimate of drug-likeness (QED) is 0.897. The van der Waals surface area contributed by atoms with Crippen LogP contribution in [-0.2, 0) is 10.0 Å². The lowest BCUT2D eigenvalue weighted by atomic mass is 10.1. The van der Waals surface area contributed by atoms with Gasteiger partial charge in [-0.05, 0) is 38.1 Å². The van der Waals surface area contributed by atoms with Gasteiger partial charge >= 0.3 is 0 Å². The highest BCUT2D eigenvalue weighted by Crippen LogP contribution is 2.18. The third-order valence-corrected chi connectivity index (χ3v) is 5.31. The minimum Gasteiger partial charge on any atom is -0.389 e. The maximum Gasteiger partial charge on any atom is 0.243 e. The van der Waals surface area contributed by atoms with Gasteiger partial charge in [-0.1, -0.05) is 0 Å². The van der Waals surface area contributed by atoms with Crippen LogP contribution in [0, 0.1) is 5.82 Å². The second-order valence-corrected chi connectivity index (χ2v) is 7.88. The van der Waals surface area contributed by atoms with Gasteiger partial charge in [-0.2, -0.15) is 4.31 Å². The van der Waals surface area contributed by atoms with Gasteiger partial charge in [-0.25, -0.2) is 12.8 Å². The number of benzene rings is 1. The summed E-state index contributed by atoms with van der Waals surface area (Å²) in [6.45, 7) is 5.86. The highest BCUT2D eigenvalue weighted by atomic mass is 32.2. The number of hydrogen-bond donors (Lipinski definition) is 1. The van der Waals surface area contributed by atoms with E-state index in [0.717, 1.165) is 12.1 Å². The molecule has 1 saturated heterocycles. The molecule has 0 saturated carbocycles. The first-order valence-electron chi connectivity index (χ1n) is 6.89. The number of nitrogens with zero attached hydrogens (tertiary/aromatic N) is 2. The molecule has 0 radical (unpaired) electrons. The van der Waals surface area contributed by atoms with Crippen LogP contribution in [0.25, 0.3) is 0 Å². The van der Waals surface area contributed by atoms with E-state index in [0.29, 0.717) is 32.7 Å². The van der Waals surface area contributed by atoms with E-state index in [-0.39, 0.29) is 4.90 Å². The molecular formula is C14H21FN2O3S. The summed E-state index contributed by atoms with van der Waals surface area (Å²) in [4.78, 5) is 2.15. The van der Waals surface area contributed by atoms with E-state index < -0.39 is 21.4 Å². The molecule has 1 aliphatic rings. The summed E-state index contributed by atoms with van der Waals surface area (Å²) < 4.78 is 39.1. The van der Waals surface area contributed by atoms with E-state index in [1.165, 1.54) is 16.4 Å². The van der Waals surface area contributed by atoms with E-state index in [4.69, 9.17) is 0 Å². The average molecular weight is 316 g/mol.